The van der Waals surface area contributed by atoms with Crippen LogP contribution in [0.2, 0.25) is 0 Å². The second kappa shape index (κ2) is 6.75. The maximum atomic E-state index is 12.6. The number of furan rings is 1. The van der Waals surface area contributed by atoms with Crippen molar-refractivity contribution >= 4 is 38.0 Å². The van der Waals surface area contributed by atoms with Gasteiger partial charge >= 0.3 is 0 Å². The molecule has 0 saturated carbocycles. The Labute approximate surface area is 168 Å². The average molecular weight is 444 g/mol. The van der Waals surface area contributed by atoms with Gasteiger partial charge in [0.2, 0.25) is 11.5 Å². The number of H-pyrrole nitrogens is 1. The molecule has 2 N–H and O–H groups in total. The van der Waals surface area contributed by atoms with Gasteiger partial charge in [0.15, 0.2) is 5.82 Å². The van der Waals surface area contributed by atoms with E-state index in [1.165, 1.54) is 0 Å². The van der Waals surface area contributed by atoms with Crippen LogP contribution in [0.25, 0.3) is 33.6 Å². The Morgan fingerprint density at radius 3 is 2.93 bits per heavy atom. The quantitative estimate of drug-likeness (QED) is 0.504. The van der Waals surface area contributed by atoms with Crippen molar-refractivity contribution in [3.05, 3.63) is 39.1 Å². The first kappa shape index (κ1) is 17.4. The highest BCUT2D eigenvalue weighted by Gasteiger charge is 2.20. The maximum Gasteiger partial charge on any atom is 0.294 e. The summed E-state index contributed by atoms with van der Waals surface area (Å²) < 4.78 is 14.3. The van der Waals surface area contributed by atoms with Crippen LogP contribution in [0.5, 0.6) is 5.88 Å². The number of nitrogens with zero attached hydrogens (tertiary/aromatic N) is 3. The Kier molecular flexibility index (Phi) is 4.21. The Balaban J connectivity index is 1.58. The number of aromatic amines is 1. The largest absolute Gasteiger partial charge is 0.473 e. The summed E-state index contributed by atoms with van der Waals surface area (Å²) in [6.45, 7) is 1.89. The zero-order valence-electron chi connectivity index (χ0n) is 15.2. The molecule has 4 heterocycles. The molecule has 4 aromatic rings. The third-order valence-corrected chi connectivity index (χ3v) is 5.45. The van der Waals surface area contributed by atoms with E-state index >= 15 is 0 Å². The normalized spacial score (nSPS) is 15.5. The third kappa shape index (κ3) is 3.00. The average Bonchev–Trinajstić information content (AvgIpc) is 3.23. The number of hydrogen-bond donors (Lipinski definition) is 2. The molecule has 3 aromatic heterocycles. The van der Waals surface area contributed by atoms with Gasteiger partial charge in [-0.1, -0.05) is 15.9 Å². The van der Waals surface area contributed by atoms with Crippen molar-refractivity contribution in [1.29, 1.82) is 0 Å². The fourth-order valence-electron chi connectivity index (χ4n) is 3.55. The van der Waals surface area contributed by atoms with Gasteiger partial charge in [-0.15, -0.1) is 5.10 Å². The molecule has 1 aliphatic heterocycles. The van der Waals surface area contributed by atoms with Crippen LogP contribution in [-0.2, 0) is 7.05 Å². The molecule has 0 unspecified atom stereocenters. The fourth-order valence-corrected chi connectivity index (χ4v) is 3.91. The Bertz CT molecular complexity index is 1240. The van der Waals surface area contributed by atoms with Crippen molar-refractivity contribution in [2.45, 2.75) is 18.9 Å². The van der Waals surface area contributed by atoms with E-state index in [1.807, 2.05) is 24.3 Å². The summed E-state index contributed by atoms with van der Waals surface area (Å²) in [4.78, 5) is 20.1. The van der Waals surface area contributed by atoms with E-state index in [9.17, 15) is 4.79 Å². The lowest BCUT2D eigenvalue weighted by atomic mass is 10.1. The van der Waals surface area contributed by atoms with Crippen LogP contribution in [0.1, 0.15) is 12.8 Å². The van der Waals surface area contributed by atoms with Gasteiger partial charge in [-0.3, -0.25) is 9.48 Å². The summed E-state index contributed by atoms with van der Waals surface area (Å²) in [5.41, 5.74) is 1.71. The smallest absolute Gasteiger partial charge is 0.294 e. The first-order valence-corrected chi connectivity index (χ1v) is 9.91. The predicted octanol–water partition coefficient (Wildman–Crippen LogP) is 2.96. The first-order valence-electron chi connectivity index (χ1n) is 9.12. The van der Waals surface area contributed by atoms with Crippen molar-refractivity contribution in [2.75, 3.05) is 13.1 Å². The molecule has 0 amide bonds. The molecule has 9 heteroatoms. The highest BCUT2D eigenvalue weighted by Crippen LogP contribution is 2.29. The number of nitrogens with one attached hydrogen (secondary N) is 2. The summed E-state index contributed by atoms with van der Waals surface area (Å²) >= 11 is 3.46. The summed E-state index contributed by atoms with van der Waals surface area (Å²) in [7, 11) is 1.80. The molecule has 1 saturated heterocycles. The van der Waals surface area contributed by atoms with Gasteiger partial charge in [0.1, 0.15) is 22.9 Å². The fraction of sp³-hybridized carbons (Fsp3) is 0.316. The minimum atomic E-state index is -0.325. The van der Waals surface area contributed by atoms with Crippen molar-refractivity contribution < 1.29 is 9.15 Å². The predicted molar refractivity (Wildman–Crippen MR) is 109 cm³/mol. The summed E-state index contributed by atoms with van der Waals surface area (Å²) in [6.07, 6.45) is 2.04. The molecular weight excluding hydrogens is 426 g/mol. The SMILES string of the molecule is Cn1nc(OC2CCNCC2)cc1-c1nc2c(oc3ccc(Br)cc32)c(=O)[nH]1. The Hall–Kier alpha value is -2.65. The van der Waals surface area contributed by atoms with Crippen LogP contribution >= 0.6 is 15.9 Å². The number of ether oxygens (including phenoxy) is 1. The van der Waals surface area contributed by atoms with Crippen LogP contribution in [0, 0.1) is 0 Å². The monoisotopic (exact) mass is 443 g/mol. The van der Waals surface area contributed by atoms with Crippen LogP contribution in [0.3, 0.4) is 0 Å². The van der Waals surface area contributed by atoms with Crippen molar-refractivity contribution in [2.24, 2.45) is 7.05 Å². The third-order valence-electron chi connectivity index (χ3n) is 4.96. The van der Waals surface area contributed by atoms with Crippen molar-refractivity contribution in [3.8, 4) is 17.4 Å². The zero-order valence-corrected chi connectivity index (χ0v) is 16.7. The molecule has 28 heavy (non-hydrogen) atoms. The lowest BCUT2D eigenvalue weighted by Crippen LogP contribution is -2.34. The van der Waals surface area contributed by atoms with Gasteiger partial charge < -0.3 is 19.5 Å². The maximum absolute atomic E-state index is 12.6. The van der Waals surface area contributed by atoms with E-state index in [1.54, 1.807) is 11.7 Å². The lowest BCUT2D eigenvalue weighted by Gasteiger charge is -2.22. The topological polar surface area (TPSA) is 98.0 Å². The highest BCUT2D eigenvalue weighted by atomic mass is 79.9. The second-order valence-electron chi connectivity index (χ2n) is 6.89. The number of benzene rings is 1. The number of piperidine rings is 1. The van der Waals surface area contributed by atoms with Gasteiger partial charge in [0.05, 0.1) is 0 Å². The molecule has 8 nitrogen and oxygen atoms in total. The Morgan fingerprint density at radius 2 is 2.11 bits per heavy atom. The van der Waals surface area contributed by atoms with Crippen LogP contribution in [-0.4, -0.2) is 38.9 Å². The lowest BCUT2D eigenvalue weighted by molar-refractivity contribution is 0.155. The summed E-state index contributed by atoms with van der Waals surface area (Å²) in [5.74, 6) is 0.960. The minimum absolute atomic E-state index is 0.147. The number of hydrogen-bond acceptors (Lipinski definition) is 6. The molecule has 1 aliphatic rings. The zero-order chi connectivity index (χ0) is 19.3. The Morgan fingerprint density at radius 1 is 1.29 bits per heavy atom. The van der Waals surface area contributed by atoms with Crippen molar-refractivity contribution in [1.82, 2.24) is 25.1 Å². The molecule has 5 rings (SSSR count). The highest BCUT2D eigenvalue weighted by molar-refractivity contribution is 9.10. The van der Waals surface area contributed by atoms with Crippen molar-refractivity contribution in [3.63, 3.8) is 0 Å². The van der Waals surface area contributed by atoms with Gasteiger partial charge in [-0.05, 0) is 44.1 Å². The number of halogens is 1. The van der Waals surface area contributed by atoms with Gasteiger partial charge in [0, 0.05) is 23.0 Å². The van der Waals surface area contributed by atoms with E-state index in [-0.39, 0.29) is 17.2 Å². The molecule has 0 aliphatic carbocycles. The number of fused-ring (bicyclic) bond motifs is 3. The first-order chi connectivity index (χ1) is 13.6. The molecule has 1 fully saturated rings. The number of aryl methyl sites for hydroxylation is 1. The van der Waals surface area contributed by atoms with Gasteiger partial charge in [0.25, 0.3) is 5.56 Å². The molecule has 144 valence electrons. The summed E-state index contributed by atoms with van der Waals surface area (Å²) in [6, 6.07) is 7.39. The molecule has 0 radical (unpaired) electrons. The van der Waals surface area contributed by atoms with Crippen LogP contribution in [0.4, 0.5) is 0 Å². The molecule has 0 atom stereocenters. The van der Waals surface area contributed by atoms with Gasteiger partial charge in [-0.2, -0.15) is 0 Å². The molecule has 1 aromatic carbocycles. The van der Waals surface area contributed by atoms with E-state index < -0.39 is 0 Å². The van der Waals surface area contributed by atoms with Crippen LogP contribution < -0.4 is 15.6 Å². The van der Waals surface area contributed by atoms with E-state index in [4.69, 9.17) is 9.15 Å². The van der Waals surface area contributed by atoms with E-state index in [2.05, 4.69) is 36.3 Å². The van der Waals surface area contributed by atoms with Crippen LogP contribution in [0.15, 0.2) is 37.9 Å². The van der Waals surface area contributed by atoms with Gasteiger partial charge in [-0.25, -0.2) is 4.98 Å². The molecule has 0 bridgehead atoms. The minimum Gasteiger partial charge on any atom is -0.473 e. The standard InChI is InChI=1S/C19H18BrN5O3/c1-25-13(9-15(24-25)27-11-4-6-21-7-5-11)18-22-16-12-8-10(20)2-3-14(12)28-17(16)19(26)23-18/h2-3,8-9,11,21H,4-7H2,1H3,(H,22,23,26). The second-order valence-corrected chi connectivity index (χ2v) is 7.81. The number of rotatable bonds is 3. The van der Waals surface area contributed by atoms with E-state index in [0.29, 0.717) is 28.5 Å². The molecule has 0 spiro atoms. The molecular formula is C19H18BrN5O3. The number of aromatic nitrogens is 4. The summed E-state index contributed by atoms with van der Waals surface area (Å²) in [5, 5.41) is 8.53. The van der Waals surface area contributed by atoms with E-state index in [0.717, 1.165) is 35.8 Å².